The molecule has 0 aliphatic carbocycles. The highest BCUT2D eigenvalue weighted by atomic mass is 79.9. The molecule has 21 heavy (non-hydrogen) atoms. The summed E-state index contributed by atoms with van der Waals surface area (Å²) in [5.74, 6) is 0.0624. The van der Waals surface area contributed by atoms with Gasteiger partial charge in [0.25, 0.3) is 0 Å². The molecule has 2 atom stereocenters. The minimum absolute atomic E-state index is 0.122. The Morgan fingerprint density at radius 3 is 3.00 bits per heavy atom. The summed E-state index contributed by atoms with van der Waals surface area (Å²) in [5, 5.41) is 15.0. The molecule has 1 heterocycles. The molecule has 0 radical (unpaired) electrons. The third kappa shape index (κ3) is 5.11. The Balaban J connectivity index is 1.71. The Bertz CT molecular complexity index is 523. The first-order chi connectivity index (χ1) is 10.0. The lowest BCUT2D eigenvalue weighted by molar-refractivity contribution is -0.134. The Labute approximate surface area is 131 Å². The van der Waals surface area contributed by atoms with Gasteiger partial charge in [-0.05, 0) is 24.6 Å². The summed E-state index contributed by atoms with van der Waals surface area (Å²) in [6.45, 7) is 0.344. The van der Waals surface area contributed by atoms with E-state index < -0.39 is 12.1 Å². The third-order valence-electron chi connectivity index (χ3n) is 3.08. The van der Waals surface area contributed by atoms with Gasteiger partial charge in [0.05, 0.1) is 6.04 Å². The number of halogens is 1. The van der Waals surface area contributed by atoms with E-state index in [2.05, 4.69) is 26.6 Å². The smallest absolute Gasteiger partial charge is 0.243 e. The zero-order valence-electron chi connectivity index (χ0n) is 11.3. The molecule has 0 saturated carbocycles. The van der Waals surface area contributed by atoms with Crippen LogP contribution in [0.5, 0.6) is 5.75 Å². The largest absolute Gasteiger partial charge is 0.491 e. The fraction of sp³-hybridized carbons (Fsp3) is 0.429. The number of carbonyl (C=O) groups excluding carboxylic acids is 2. The summed E-state index contributed by atoms with van der Waals surface area (Å²) in [7, 11) is 0. The lowest BCUT2D eigenvalue weighted by atomic mass is 10.1. The van der Waals surface area contributed by atoms with Crippen LogP contribution in [0, 0.1) is 0 Å². The van der Waals surface area contributed by atoms with Crippen LogP contribution in [0.25, 0.3) is 0 Å². The third-order valence-corrected chi connectivity index (χ3v) is 3.57. The number of aliphatic hydroxyl groups is 1. The Hall–Kier alpha value is -1.44. The molecule has 114 valence electrons. The zero-order valence-corrected chi connectivity index (χ0v) is 12.9. The van der Waals surface area contributed by atoms with Gasteiger partial charge in [0.15, 0.2) is 0 Å². The molecular weight excluding hydrogens is 340 g/mol. The van der Waals surface area contributed by atoms with Gasteiger partial charge in [-0.25, -0.2) is 0 Å². The second-order valence-corrected chi connectivity index (χ2v) is 5.75. The van der Waals surface area contributed by atoms with Crippen molar-refractivity contribution < 1.29 is 19.4 Å². The first-order valence-corrected chi connectivity index (χ1v) is 7.47. The van der Waals surface area contributed by atoms with Gasteiger partial charge >= 0.3 is 0 Å². The van der Waals surface area contributed by atoms with Gasteiger partial charge < -0.3 is 15.2 Å². The molecule has 7 heteroatoms. The second kappa shape index (κ2) is 7.53. The normalized spacial score (nSPS) is 20.0. The summed E-state index contributed by atoms with van der Waals surface area (Å²) in [6, 6.07) is 6.88. The fourth-order valence-electron chi connectivity index (χ4n) is 1.97. The number of rotatable bonds is 6. The lowest BCUT2D eigenvalue weighted by Gasteiger charge is -2.23. The molecule has 1 aliphatic rings. The van der Waals surface area contributed by atoms with Gasteiger partial charge in [-0.3, -0.25) is 14.9 Å². The van der Waals surface area contributed by atoms with E-state index in [1.165, 1.54) is 0 Å². The molecule has 6 nitrogen and oxygen atoms in total. The quantitative estimate of drug-likeness (QED) is 0.649. The maximum absolute atomic E-state index is 11.5. The number of aliphatic hydroxyl groups excluding tert-OH is 1. The minimum atomic E-state index is -0.741. The van der Waals surface area contributed by atoms with E-state index >= 15 is 0 Å². The summed E-state index contributed by atoms with van der Waals surface area (Å²) in [5.41, 5.74) is 0. The average Bonchev–Trinajstić information content (AvgIpc) is 2.44. The Kier molecular flexibility index (Phi) is 5.72. The molecule has 3 N–H and O–H groups in total. The number of benzene rings is 1. The molecule has 1 aromatic rings. The van der Waals surface area contributed by atoms with Crippen molar-refractivity contribution in [2.75, 3.05) is 13.2 Å². The average molecular weight is 357 g/mol. The van der Waals surface area contributed by atoms with Crippen molar-refractivity contribution in [1.29, 1.82) is 0 Å². The predicted molar refractivity (Wildman–Crippen MR) is 79.8 cm³/mol. The first kappa shape index (κ1) is 15.9. The van der Waals surface area contributed by atoms with E-state index in [-0.39, 0.29) is 25.0 Å². The highest BCUT2D eigenvalue weighted by molar-refractivity contribution is 9.10. The van der Waals surface area contributed by atoms with Crippen LogP contribution in [0.2, 0.25) is 0 Å². The van der Waals surface area contributed by atoms with Crippen LogP contribution in [0.15, 0.2) is 28.7 Å². The maximum Gasteiger partial charge on any atom is 0.243 e. The van der Waals surface area contributed by atoms with Crippen LogP contribution < -0.4 is 15.4 Å². The molecule has 0 spiro atoms. The Morgan fingerprint density at radius 1 is 1.48 bits per heavy atom. The van der Waals surface area contributed by atoms with E-state index in [0.29, 0.717) is 18.6 Å². The number of ether oxygens (including phenoxy) is 1. The molecule has 1 saturated heterocycles. The van der Waals surface area contributed by atoms with Crippen molar-refractivity contribution in [2.45, 2.75) is 25.0 Å². The molecule has 1 aromatic carbocycles. The number of imide groups is 1. The van der Waals surface area contributed by atoms with Gasteiger partial charge in [-0.15, -0.1) is 0 Å². The number of amides is 2. The summed E-state index contributed by atoms with van der Waals surface area (Å²) in [4.78, 5) is 22.5. The number of hydrogen-bond donors (Lipinski definition) is 3. The van der Waals surface area contributed by atoms with E-state index in [4.69, 9.17) is 4.74 Å². The van der Waals surface area contributed by atoms with Crippen LogP contribution in [-0.4, -0.2) is 42.2 Å². The van der Waals surface area contributed by atoms with Crippen molar-refractivity contribution >= 4 is 27.7 Å². The topological polar surface area (TPSA) is 87.7 Å². The van der Waals surface area contributed by atoms with E-state index in [0.717, 1.165) is 4.47 Å². The minimum Gasteiger partial charge on any atom is -0.491 e. The predicted octanol–water partition coefficient (Wildman–Crippen LogP) is 0.584. The monoisotopic (exact) mass is 356 g/mol. The van der Waals surface area contributed by atoms with Gasteiger partial charge in [0, 0.05) is 17.4 Å². The van der Waals surface area contributed by atoms with E-state index in [1.54, 1.807) is 12.1 Å². The van der Waals surface area contributed by atoms with Crippen molar-refractivity contribution in [3.05, 3.63) is 28.7 Å². The van der Waals surface area contributed by atoms with Crippen molar-refractivity contribution in [3.8, 4) is 5.75 Å². The second-order valence-electron chi connectivity index (χ2n) is 4.83. The highest BCUT2D eigenvalue weighted by Crippen LogP contribution is 2.17. The molecule has 0 bridgehead atoms. The highest BCUT2D eigenvalue weighted by Gasteiger charge is 2.26. The maximum atomic E-state index is 11.5. The molecule has 1 fully saturated rings. The lowest BCUT2D eigenvalue weighted by Crippen LogP contribution is -2.52. The van der Waals surface area contributed by atoms with Crippen molar-refractivity contribution in [1.82, 2.24) is 10.6 Å². The molecular formula is C14H17BrN2O4. The van der Waals surface area contributed by atoms with Crippen molar-refractivity contribution in [3.63, 3.8) is 0 Å². The SMILES string of the molecule is O=C1CCC(NCC(O)COc2cccc(Br)c2)C(=O)N1. The molecule has 2 rings (SSSR count). The van der Waals surface area contributed by atoms with Crippen LogP contribution >= 0.6 is 15.9 Å². The van der Waals surface area contributed by atoms with Crippen molar-refractivity contribution in [2.24, 2.45) is 0 Å². The van der Waals surface area contributed by atoms with Gasteiger partial charge in [0.2, 0.25) is 11.8 Å². The van der Waals surface area contributed by atoms with Crippen LogP contribution in [-0.2, 0) is 9.59 Å². The number of piperidine rings is 1. The number of hydrogen-bond acceptors (Lipinski definition) is 5. The Morgan fingerprint density at radius 2 is 2.29 bits per heavy atom. The fourth-order valence-corrected chi connectivity index (χ4v) is 2.35. The molecule has 1 aliphatic heterocycles. The first-order valence-electron chi connectivity index (χ1n) is 6.68. The number of nitrogens with one attached hydrogen (secondary N) is 2. The van der Waals surface area contributed by atoms with Crippen LogP contribution in [0.4, 0.5) is 0 Å². The van der Waals surface area contributed by atoms with Crippen LogP contribution in [0.1, 0.15) is 12.8 Å². The molecule has 2 amide bonds. The molecule has 0 aromatic heterocycles. The summed E-state index contributed by atoms with van der Waals surface area (Å²) in [6.07, 6.45) is 0.0205. The summed E-state index contributed by atoms with van der Waals surface area (Å²) < 4.78 is 6.36. The zero-order chi connectivity index (χ0) is 15.2. The molecule has 2 unspecified atom stereocenters. The van der Waals surface area contributed by atoms with Gasteiger partial charge in [-0.1, -0.05) is 22.0 Å². The summed E-state index contributed by atoms with van der Waals surface area (Å²) >= 11 is 3.34. The van der Waals surface area contributed by atoms with Crippen LogP contribution in [0.3, 0.4) is 0 Å². The van der Waals surface area contributed by atoms with E-state index in [1.807, 2.05) is 12.1 Å². The van der Waals surface area contributed by atoms with Gasteiger partial charge in [-0.2, -0.15) is 0 Å². The standard InChI is InChI=1S/C14H17BrN2O4/c15-9-2-1-3-11(6-9)21-8-10(18)7-16-12-4-5-13(19)17-14(12)20/h1-3,6,10,12,16,18H,4-5,7-8H2,(H,17,19,20). The van der Waals surface area contributed by atoms with Gasteiger partial charge in [0.1, 0.15) is 18.5 Å². The number of carbonyl (C=O) groups is 2. The van der Waals surface area contributed by atoms with E-state index in [9.17, 15) is 14.7 Å².